The maximum atomic E-state index is 12.7. The minimum Gasteiger partial charge on any atom is -0.353 e. The van der Waals surface area contributed by atoms with Crippen molar-refractivity contribution in [2.75, 3.05) is 26.2 Å². The number of nitrogens with one attached hydrogen (secondary N) is 2. The van der Waals surface area contributed by atoms with Crippen molar-refractivity contribution < 1.29 is 13.2 Å². The van der Waals surface area contributed by atoms with Gasteiger partial charge in [0.2, 0.25) is 15.9 Å². The van der Waals surface area contributed by atoms with Gasteiger partial charge in [-0.25, -0.2) is 8.42 Å². The van der Waals surface area contributed by atoms with Gasteiger partial charge in [-0.1, -0.05) is 17.7 Å². The first-order valence-electron chi connectivity index (χ1n) is 9.52. The molecule has 7 heteroatoms. The van der Waals surface area contributed by atoms with Crippen LogP contribution in [0.15, 0.2) is 29.2 Å². The number of aryl methyl sites for hydroxylation is 1. The van der Waals surface area contributed by atoms with Gasteiger partial charge in [0, 0.05) is 25.6 Å². The van der Waals surface area contributed by atoms with Gasteiger partial charge in [0.25, 0.3) is 0 Å². The molecule has 2 N–H and O–H groups in total. The van der Waals surface area contributed by atoms with Crippen LogP contribution in [0, 0.1) is 12.8 Å². The van der Waals surface area contributed by atoms with Crippen LogP contribution in [0.4, 0.5) is 0 Å². The molecule has 0 aliphatic carbocycles. The molecule has 2 aliphatic rings. The monoisotopic (exact) mass is 379 g/mol. The quantitative estimate of drug-likeness (QED) is 0.788. The highest BCUT2D eigenvalue weighted by Gasteiger charge is 2.30. The van der Waals surface area contributed by atoms with E-state index in [-0.39, 0.29) is 11.9 Å². The van der Waals surface area contributed by atoms with Crippen molar-refractivity contribution in [3.05, 3.63) is 29.8 Å². The highest BCUT2D eigenvalue weighted by molar-refractivity contribution is 7.89. The lowest BCUT2D eigenvalue weighted by molar-refractivity contribution is -0.122. The van der Waals surface area contributed by atoms with E-state index in [0.717, 1.165) is 31.5 Å². The summed E-state index contributed by atoms with van der Waals surface area (Å²) in [6.07, 6.45) is 3.99. The summed E-state index contributed by atoms with van der Waals surface area (Å²) in [4.78, 5) is 12.5. The Bertz CT molecular complexity index is 704. The van der Waals surface area contributed by atoms with Crippen molar-refractivity contribution in [1.82, 2.24) is 14.9 Å². The molecule has 144 valence electrons. The summed E-state index contributed by atoms with van der Waals surface area (Å²) in [5.41, 5.74) is 1.04. The maximum Gasteiger partial charge on any atom is 0.243 e. The van der Waals surface area contributed by atoms with E-state index < -0.39 is 10.0 Å². The van der Waals surface area contributed by atoms with Crippen LogP contribution in [0.3, 0.4) is 0 Å². The average Bonchev–Trinajstić information content (AvgIpc) is 3.14. The number of amides is 1. The molecule has 0 spiro atoms. The zero-order valence-corrected chi connectivity index (χ0v) is 16.2. The fourth-order valence-electron chi connectivity index (χ4n) is 3.70. The molecule has 1 unspecified atom stereocenters. The third-order valence-corrected chi connectivity index (χ3v) is 7.33. The van der Waals surface area contributed by atoms with E-state index in [9.17, 15) is 13.2 Å². The van der Waals surface area contributed by atoms with Gasteiger partial charge in [0.1, 0.15) is 0 Å². The van der Waals surface area contributed by atoms with E-state index >= 15 is 0 Å². The van der Waals surface area contributed by atoms with Crippen LogP contribution in [0.5, 0.6) is 0 Å². The lowest BCUT2D eigenvalue weighted by Crippen LogP contribution is -2.46. The molecule has 2 aliphatic heterocycles. The number of piperidine rings is 1. The SMILES string of the molecule is Cc1ccc(S(=O)(=O)N2CCC(NC(=O)CCC3CCNC3)CC2)cc1. The van der Waals surface area contributed by atoms with Crippen LogP contribution in [0.1, 0.15) is 37.7 Å². The third kappa shape index (κ3) is 4.84. The summed E-state index contributed by atoms with van der Waals surface area (Å²) in [7, 11) is -3.44. The Balaban J connectivity index is 1.46. The van der Waals surface area contributed by atoms with E-state index in [1.54, 1.807) is 12.1 Å². The molecule has 3 rings (SSSR count). The molecule has 2 fully saturated rings. The average molecular weight is 380 g/mol. The Morgan fingerprint density at radius 1 is 1.19 bits per heavy atom. The molecule has 0 aromatic heterocycles. The van der Waals surface area contributed by atoms with E-state index in [2.05, 4.69) is 10.6 Å². The Morgan fingerprint density at radius 3 is 2.50 bits per heavy atom. The minimum absolute atomic E-state index is 0.0775. The first-order chi connectivity index (χ1) is 12.4. The highest BCUT2D eigenvalue weighted by Crippen LogP contribution is 2.21. The number of hydrogen-bond acceptors (Lipinski definition) is 4. The molecule has 0 radical (unpaired) electrons. The molecule has 2 saturated heterocycles. The molecule has 0 bridgehead atoms. The molecule has 1 atom stereocenters. The van der Waals surface area contributed by atoms with E-state index in [4.69, 9.17) is 0 Å². The van der Waals surface area contributed by atoms with Crippen molar-refractivity contribution >= 4 is 15.9 Å². The summed E-state index contributed by atoms with van der Waals surface area (Å²) < 4.78 is 27.0. The molecule has 1 amide bonds. The largest absolute Gasteiger partial charge is 0.353 e. The van der Waals surface area contributed by atoms with Gasteiger partial charge in [-0.3, -0.25) is 4.79 Å². The standard InChI is InChI=1S/C19H29N3O3S/c1-15-2-5-18(6-3-15)26(24,25)22-12-9-17(10-13-22)21-19(23)7-4-16-8-11-20-14-16/h2-3,5-6,16-17,20H,4,7-14H2,1H3,(H,21,23). The van der Waals surface area contributed by atoms with E-state index in [1.165, 1.54) is 4.31 Å². The predicted octanol–water partition coefficient (Wildman–Crippen LogP) is 1.65. The van der Waals surface area contributed by atoms with Crippen molar-refractivity contribution in [3.63, 3.8) is 0 Å². The minimum atomic E-state index is -3.44. The van der Waals surface area contributed by atoms with Crippen LogP contribution in [0.25, 0.3) is 0 Å². The number of sulfonamides is 1. The van der Waals surface area contributed by atoms with Crippen LogP contribution in [-0.2, 0) is 14.8 Å². The second-order valence-corrected chi connectivity index (χ2v) is 9.39. The van der Waals surface area contributed by atoms with Gasteiger partial charge in [-0.15, -0.1) is 0 Å². The summed E-state index contributed by atoms with van der Waals surface area (Å²) in [5.74, 6) is 0.707. The predicted molar refractivity (Wildman–Crippen MR) is 101 cm³/mol. The lowest BCUT2D eigenvalue weighted by atomic mass is 10.0. The number of rotatable bonds is 6. The Kier molecular flexibility index (Phi) is 6.32. The van der Waals surface area contributed by atoms with Crippen LogP contribution in [0.2, 0.25) is 0 Å². The Morgan fingerprint density at radius 2 is 1.88 bits per heavy atom. The van der Waals surface area contributed by atoms with Crippen LogP contribution < -0.4 is 10.6 Å². The van der Waals surface area contributed by atoms with Gasteiger partial charge >= 0.3 is 0 Å². The fourth-order valence-corrected chi connectivity index (χ4v) is 5.17. The Labute approximate surface area is 156 Å². The normalized spacial score (nSPS) is 22.4. The van der Waals surface area contributed by atoms with Crippen molar-refractivity contribution in [3.8, 4) is 0 Å². The number of benzene rings is 1. The van der Waals surface area contributed by atoms with Gasteiger partial charge in [0.05, 0.1) is 4.90 Å². The maximum absolute atomic E-state index is 12.7. The molecule has 1 aromatic rings. The molecular weight excluding hydrogens is 350 g/mol. The second-order valence-electron chi connectivity index (χ2n) is 7.46. The summed E-state index contributed by atoms with van der Waals surface area (Å²) in [5, 5.41) is 6.40. The number of carbonyl (C=O) groups excluding carboxylic acids is 1. The van der Waals surface area contributed by atoms with Crippen LogP contribution >= 0.6 is 0 Å². The first-order valence-corrected chi connectivity index (χ1v) is 11.0. The molecule has 26 heavy (non-hydrogen) atoms. The topological polar surface area (TPSA) is 78.5 Å². The number of nitrogens with zero attached hydrogens (tertiary/aromatic N) is 1. The smallest absolute Gasteiger partial charge is 0.243 e. The molecule has 0 saturated carbocycles. The van der Waals surface area contributed by atoms with Crippen molar-refractivity contribution in [2.45, 2.75) is 50.0 Å². The van der Waals surface area contributed by atoms with Gasteiger partial charge in [-0.05, 0) is 63.7 Å². The molecule has 2 heterocycles. The number of carbonyl (C=O) groups is 1. The van der Waals surface area contributed by atoms with Crippen molar-refractivity contribution in [1.29, 1.82) is 0 Å². The van der Waals surface area contributed by atoms with Crippen LogP contribution in [-0.4, -0.2) is 50.9 Å². The molecule has 6 nitrogen and oxygen atoms in total. The fraction of sp³-hybridized carbons (Fsp3) is 0.632. The summed E-state index contributed by atoms with van der Waals surface area (Å²) in [6.45, 7) is 4.91. The van der Waals surface area contributed by atoms with E-state index in [0.29, 0.717) is 43.2 Å². The van der Waals surface area contributed by atoms with Gasteiger partial charge in [-0.2, -0.15) is 4.31 Å². The lowest BCUT2D eigenvalue weighted by Gasteiger charge is -2.31. The van der Waals surface area contributed by atoms with E-state index in [1.807, 2.05) is 19.1 Å². The van der Waals surface area contributed by atoms with Gasteiger partial charge in [0.15, 0.2) is 0 Å². The first kappa shape index (κ1) is 19.3. The number of hydrogen-bond donors (Lipinski definition) is 2. The van der Waals surface area contributed by atoms with Crippen molar-refractivity contribution in [2.24, 2.45) is 5.92 Å². The zero-order valence-electron chi connectivity index (χ0n) is 15.4. The second kappa shape index (κ2) is 8.50. The summed E-state index contributed by atoms with van der Waals surface area (Å²) >= 11 is 0. The highest BCUT2D eigenvalue weighted by atomic mass is 32.2. The molecular formula is C19H29N3O3S. The zero-order chi connectivity index (χ0) is 18.6. The Hall–Kier alpha value is -1.44. The molecule has 1 aromatic carbocycles. The third-order valence-electron chi connectivity index (χ3n) is 5.42. The summed E-state index contributed by atoms with van der Waals surface area (Å²) in [6, 6.07) is 7.04. The van der Waals surface area contributed by atoms with Gasteiger partial charge < -0.3 is 10.6 Å².